The number of thioether (sulfide) groups is 1. The molecule has 0 radical (unpaired) electrons. The third kappa shape index (κ3) is 4.47. The van der Waals surface area contributed by atoms with E-state index in [4.69, 9.17) is 4.98 Å². The van der Waals surface area contributed by atoms with E-state index in [9.17, 15) is 4.79 Å². The SMILES string of the molecule is O=C(CSc1nc2ccccc2n1-c1ccccc1)NCCC1=CCCCC1. The van der Waals surface area contributed by atoms with Crippen LogP contribution in [-0.4, -0.2) is 27.8 Å². The van der Waals surface area contributed by atoms with Gasteiger partial charge in [-0.15, -0.1) is 0 Å². The molecule has 3 aromatic rings. The third-order valence-corrected chi connectivity index (χ3v) is 5.97. The minimum atomic E-state index is 0.0630. The first-order valence-corrected chi connectivity index (χ1v) is 10.9. The highest BCUT2D eigenvalue weighted by molar-refractivity contribution is 7.99. The van der Waals surface area contributed by atoms with E-state index >= 15 is 0 Å². The van der Waals surface area contributed by atoms with Gasteiger partial charge in [0.2, 0.25) is 5.91 Å². The lowest BCUT2D eigenvalue weighted by molar-refractivity contribution is -0.118. The van der Waals surface area contributed by atoms with Crippen LogP contribution in [0.25, 0.3) is 16.7 Å². The number of carbonyl (C=O) groups is 1. The molecule has 0 aliphatic heterocycles. The zero-order valence-electron chi connectivity index (χ0n) is 15.9. The van der Waals surface area contributed by atoms with Crippen LogP contribution in [-0.2, 0) is 4.79 Å². The Morgan fingerprint density at radius 3 is 2.71 bits per heavy atom. The quantitative estimate of drug-likeness (QED) is 0.449. The van der Waals surface area contributed by atoms with Gasteiger partial charge in [0.15, 0.2) is 5.16 Å². The molecular formula is C23H25N3OS. The number of benzene rings is 2. The standard InChI is InChI=1S/C23H25N3OS/c27-22(24-16-15-18-9-3-1-4-10-18)17-28-23-25-20-13-7-8-14-21(20)26(23)19-11-5-2-6-12-19/h2,5-9,11-14H,1,3-4,10,15-17H2,(H,24,27). The molecule has 1 heterocycles. The Morgan fingerprint density at radius 2 is 1.89 bits per heavy atom. The molecule has 1 aliphatic carbocycles. The first-order valence-electron chi connectivity index (χ1n) is 9.91. The lowest BCUT2D eigenvalue weighted by atomic mass is 9.97. The van der Waals surface area contributed by atoms with E-state index in [1.807, 2.05) is 36.4 Å². The van der Waals surface area contributed by atoms with E-state index in [0.29, 0.717) is 5.75 Å². The number of carbonyl (C=O) groups excluding carboxylic acids is 1. The monoisotopic (exact) mass is 391 g/mol. The summed E-state index contributed by atoms with van der Waals surface area (Å²) in [4.78, 5) is 17.1. The van der Waals surface area contributed by atoms with Crippen molar-refractivity contribution < 1.29 is 4.79 Å². The smallest absolute Gasteiger partial charge is 0.230 e. The van der Waals surface area contributed by atoms with Gasteiger partial charge in [-0.3, -0.25) is 9.36 Å². The largest absolute Gasteiger partial charge is 0.355 e. The van der Waals surface area contributed by atoms with Crippen LogP contribution in [0.2, 0.25) is 0 Å². The fraction of sp³-hybridized carbons (Fsp3) is 0.304. The van der Waals surface area contributed by atoms with E-state index < -0.39 is 0 Å². The second-order valence-electron chi connectivity index (χ2n) is 7.05. The summed E-state index contributed by atoms with van der Waals surface area (Å²) in [5.41, 5.74) is 4.55. The van der Waals surface area contributed by atoms with Crippen LogP contribution < -0.4 is 5.32 Å². The molecular weight excluding hydrogens is 366 g/mol. The number of rotatable bonds is 7. The topological polar surface area (TPSA) is 46.9 Å². The maximum atomic E-state index is 12.3. The van der Waals surface area contributed by atoms with Gasteiger partial charge in [-0.1, -0.05) is 53.7 Å². The van der Waals surface area contributed by atoms with Gasteiger partial charge in [0.05, 0.1) is 16.8 Å². The summed E-state index contributed by atoms with van der Waals surface area (Å²) in [5, 5.41) is 3.90. The van der Waals surface area contributed by atoms with Gasteiger partial charge >= 0.3 is 0 Å². The Hall–Kier alpha value is -2.53. The number of allylic oxidation sites excluding steroid dienone is 1. The Kier molecular flexibility index (Phi) is 6.12. The number of imidazole rings is 1. The molecule has 1 N–H and O–H groups in total. The van der Waals surface area contributed by atoms with Gasteiger partial charge < -0.3 is 5.32 Å². The number of nitrogens with zero attached hydrogens (tertiary/aromatic N) is 2. The minimum absolute atomic E-state index is 0.0630. The lowest BCUT2D eigenvalue weighted by Crippen LogP contribution is -2.26. The van der Waals surface area contributed by atoms with Gasteiger partial charge in [-0.2, -0.15) is 0 Å². The summed E-state index contributed by atoms with van der Waals surface area (Å²) in [7, 11) is 0. The summed E-state index contributed by atoms with van der Waals surface area (Å²) in [6, 6.07) is 18.3. The maximum Gasteiger partial charge on any atom is 0.230 e. The number of para-hydroxylation sites is 3. The van der Waals surface area contributed by atoms with Crippen molar-refractivity contribution in [3.63, 3.8) is 0 Å². The first-order chi connectivity index (χ1) is 13.8. The van der Waals surface area contributed by atoms with Crippen molar-refractivity contribution in [1.29, 1.82) is 0 Å². The fourth-order valence-corrected chi connectivity index (χ4v) is 4.46. The first kappa shape index (κ1) is 18.8. The van der Waals surface area contributed by atoms with Gasteiger partial charge in [0.1, 0.15) is 0 Å². The number of nitrogens with one attached hydrogen (secondary N) is 1. The van der Waals surface area contributed by atoms with Crippen LogP contribution >= 0.6 is 11.8 Å². The molecule has 4 rings (SSSR count). The van der Waals surface area contributed by atoms with Crippen LogP contribution in [0.1, 0.15) is 32.1 Å². The van der Waals surface area contributed by atoms with E-state index in [-0.39, 0.29) is 5.91 Å². The Balaban J connectivity index is 1.42. The Labute approximate surface area is 170 Å². The van der Waals surface area contributed by atoms with Gasteiger partial charge in [0.25, 0.3) is 0 Å². The van der Waals surface area contributed by atoms with Crippen LogP contribution in [0.15, 0.2) is 71.4 Å². The number of fused-ring (bicyclic) bond motifs is 1. The normalized spacial score (nSPS) is 14.1. The molecule has 0 bridgehead atoms. The van der Waals surface area contributed by atoms with Crippen LogP contribution in [0, 0.1) is 0 Å². The molecule has 0 fully saturated rings. The average molecular weight is 392 g/mol. The average Bonchev–Trinajstić information content (AvgIpc) is 3.12. The molecule has 2 aromatic carbocycles. The summed E-state index contributed by atoms with van der Waals surface area (Å²) >= 11 is 1.49. The van der Waals surface area contributed by atoms with Gasteiger partial charge in [-0.05, 0) is 56.4 Å². The van der Waals surface area contributed by atoms with Crippen molar-refractivity contribution in [2.75, 3.05) is 12.3 Å². The second-order valence-corrected chi connectivity index (χ2v) is 7.99. The lowest BCUT2D eigenvalue weighted by Gasteiger charge is -2.13. The number of hydrogen-bond acceptors (Lipinski definition) is 3. The fourth-order valence-electron chi connectivity index (χ4n) is 3.60. The number of hydrogen-bond donors (Lipinski definition) is 1. The highest BCUT2D eigenvalue weighted by Gasteiger charge is 2.14. The van der Waals surface area contributed by atoms with Crippen molar-refractivity contribution in [2.45, 2.75) is 37.3 Å². The molecule has 0 spiro atoms. The maximum absolute atomic E-state index is 12.3. The van der Waals surface area contributed by atoms with Crippen molar-refractivity contribution in [3.05, 3.63) is 66.2 Å². The predicted molar refractivity (Wildman–Crippen MR) is 116 cm³/mol. The van der Waals surface area contributed by atoms with E-state index in [2.05, 4.69) is 34.2 Å². The van der Waals surface area contributed by atoms with E-state index in [1.165, 1.54) is 43.0 Å². The zero-order valence-corrected chi connectivity index (χ0v) is 16.8. The second kappa shape index (κ2) is 9.11. The molecule has 5 heteroatoms. The summed E-state index contributed by atoms with van der Waals surface area (Å²) in [6.45, 7) is 0.723. The molecule has 0 atom stereocenters. The van der Waals surface area contributed by atoms with Crippen molar-refractivity contribution in [3.8, 4) is 5.69 Å². The molecule has 1 aromatic heterocycles. The van der Waals surface area contributed by atoms with E-state index in [0.717, 1.165) is 34.8 Å². The summed E-state index contributed by atoms with van der Waals surface area (Å²) in [5.74, 6) is 0.433. The van der Waals surface area contributed by atoms with Crippen LogP contribution in [0.4, 0.5) is 0 Å². The molecule has 28 heavy (non-hydrogen) atoms. The Bertz CT molecular complexity index is 978. The summed E-state index contributed by atoms with van der Waals surface area (Å²) < 4.78 is 2.13. The van der Waals surface area contributed by atoms with Crippen molar-refractivity contribution in [2.24, 2.45) is 0 Å². The van der Waals surface area contributed by atoms with E-state index in [1.54, 1.807) is 0 Å². The van der Waals surface area contributed by atoms with Crippen molar-refractivity contribution >= 4 is 28.7 Å². The molecule has 144 valence electrons. The van der Waals surface area contributed by atoms with Gasteiger partial charge in [-0.25, -0.2) is 4.98 Å². The Morgan fingerprint density at radius 1 is 1.07 bits per heavy atom. The molecule has 0 saturated carbocycles. The molecule has 1 aliphatic rings. The third-order valence-electron chi connectivity index (χ3n) is 5.03. The van der Waals surface area contributed by atoms with Crippen LogP contribution in [0.3, 0.4) is 0 Å². The predicted octanol–water partition coefficient (Wildman–Crippen LogP) is 5.12. The molecule has 0 unspecified atom stereocenters. The van der Waals surface area contributed by atoms with Crippen molar-refractivity contribution in [1.82, 2.24) is 14.9 Å². The highest BCUT2D eigenvalue weighted by atomic mass is 32.2. The van der Waals surface area contributed by atoms with Gasteiger partial charge in [0, 0.05) is 12.2 Å². The van der Waals surface area contributed by atoms with Crippen LogP contribution in [0.5, 0.6) is 0 Å². The number of amides is 1. The highest BCUT2D eigenvalue weighted by Crippen LogP contribution is 2.27. The zero-order chi connectivity index (χ0) is 19.2. The minimum Gasteiger partial charge on any atom is -0.355 e. The molecule has 4 nitrogen and oxygen atoms in total. The summed E-state index contributed by atoms with van der Waals surface area (Å²) in [6.07, 6.45) is 8.27. The molecule has 1 amide bonds. The molecule has 0 saturated heterocycles. The number of aromatic nitrogens is 2.